The molecule has 3 heterocycles. The minimum absolute atomic E-state index is 0.130. The van der Waals surface area contributed by atoms with Gasteiger partial charge in [-0.3, -0.25) is 14.8 Å². The number of rotatable bonds is 6. The van der Waals surface area contributed by atoms with Gasteiger partial charge in [0.05, 0.1) is 12.1 Å². The van der Waals surface area contributed by atoms with Crippen molar-refractivity contribution in [3.05, 3.63) is 29.5 Å². The number of aromatic amines is 1. The van der Waals surface area contributed by atoms with Crippen LogP contribution in [-0.4, -0.2) is 59.4 Å². The van der Waals surface area contributed by atoms with Crippen molar-refractivity contribution < 1.29 is 9.53 Å². The summed E-state index contributed by atoms with van der Waals surface area (Å²) < 4.78 is 5.47. The fourth-order valence-corrected chi connectivity index (χ4v) is 5.02. The van der Waals surface area contributed by atoms with Crippen molar-refractivity contribution in [1.82, 2.24) is 20.4 Å². The van der Waals surface area contributed by atoms with Crippen molar-refractivity contribution in [2.45, 2.75) is 70.8 Å². The molecular weight excluding hydrogens is 388 g/mol. The molecule has 0 radical (unpaired) electrons. The van der Waals surface area contributed by atoms with Gasteiger partial charge in [0.15, 0.2) is 0 Å². The number of benzene rings is 1. The predicted molar refractivity (Wildman–Crippen MR) is 124 cm³/mol. The molecule has 2 aromatic rings. The number of nitrogens with one attached hydrogen (secondary N) is 2. The van der Waals surface area contributed by atoms with Crippen LogP contribution < -0.4 is 5.32 Å². The molecule has 0 amide bonds. The lowest BCUT2D eigenvalue weighted by Crippen LogP contribution is -2.39. The summed E-state index contributed by atoms with van der Waals surface area (Å²) in [6.07, 6.45) is 7.12. The molecule has 1 aromatic carbocycles. The number of hydrogen-bond donors (Lipinski definition) is 2. The molecular formula is C25H38N4O2. The maximum Gasteiger partial charge on any atom is 0.320 e. The van der Waals surface area contributed by atoms with Gasteiger partial charge >= 0.3 is 5.97 Å². The topological polar surface area (TPSA) is 70.2 Å². The molecule has 2 fully saturated rings. The lowest BCUT2D eigenvalue weighted by Gasteiger charge is -2.31. The lowest BCUT2D eigenvalue weighted by atomic mass is 9.90. The van der Waals surface area contributed by atoms with Gasteiger partial charge in [-0.2, -0.15) is 5.10 Å². The van der Waals surface area contributed by atoms with Crippen LogP contribution in [0.3, 0.4) is 0 Å². The highest BCUT2D eigenvalue weighted by Crippen LogP contribution is 2.32. The van der Waals surface area contributed by atoms with Crippen LogP contribution in [0, 0.1) is 5.92 Å². The van der Waals surface area contributed by atoms with E-state index in [0.29, 0.717) is 12.5 Å². The van der Waals surface area contributed by atoms with E-state index in [0.717, 1.165) is 43.8 Å². The molecule has 4 rings (SSSR count). The smallest absolute Gasteiger partial charge is 0.320 e. The Hall–Kier alpha value is -1.92. The summed E-state index contributed by atoms with van der Waals surface area (Å²) in [5.74, 6) is 1.20. The Morgan fingerprint density at radius 2 is 1.90 bits per heavy atom. The quantitative estimate of drug-likeness (QED) is 0.683. The van der Waals surface area contributed by atoms with Gasteiger partial charge in [0.25, 0.3) is 0 Å². The third-order valence-corrected chi connectivity index (χ3v) is 6.72. The van der Waals surface area contributed by atoms with E-state index in [1.165, 1.54) is 49.0 Å². The number of aryl methyl sites for hydroxylation is 1. The first-order valence-electron chi connectivity index (χ1n) is 12.0. The molecule has 6 heteroatoms. The number of fused-ring (bicyclic) bond motifs is 1. The van der Waals surface area contributed by atoms with E-state index in [-0.39, 0.29) is 5.97 Å². The lowest BCUT2D eigenvalue weighted by molar-refractivity contribution is -0.156. The van der Waals surface area contributed by atoms with Crippen molar-refractivity contribution in [1.29, 1.82) is 0 Å². The minimum atomic E-state index is -0.420. The number of aromatic nitrogens is 2. The second-order valence-corrected chi connectivity index (χ2v) is 10.4. The van der Waals surface area contributed by atoms with Crippen LogP contribution in [0.5, 0.6) is 0 Å². The van der Waals surface area contributed by atoms with Crippen LogP contribution in [-0.2, 0) is 16.0 Å². The molecule has 1 aromatic heterocycles. The highest BCUT2D eigenvalue weighted by atomic mass is 16.6. The Balaban J connectivity index is 1.31. The van der Waals surface area contributed by atoms with Crippen LogP contribution in [0.15, 0.2) is 18.2 Å². The van der Waals surface area contributed by atoms with Gasteiger partial charge in [-0.15, -0.1) is 0 Å². The molecule has 6 nitrogen and oxygen atoms in total. The van der Waals surface area contributed by atoms with Crippen LogP contribution in [0.2, 0.25) is 0 Å². The van der Waals surface area contributed by atoms with Crippen molar-refractivity contribution in [2.75, 3.05) is 32.7 Å². The van der Waals surface area contributed by atoms with Crippen molar-refractivity contribution in [2.24, 2.45) is 5.92 Å². The summed E-state index contributed by atoms with van der Waals surface area (Å²) in [5, 5.41) is 12.7. The average molecular weight is 427 g/mol. The molecule has 170 valence electrons. The summed E-state index contributed by atoms with van der Waals surface area (Å²) in [7, 11) is 0. The number of carbonyl (C=O) groups excluding carboxylic acids is 1. The van der Waals surface area contributed by atoms with E-state index in [9.17, 15) is 4.79 Å². The molecule has 0 aliphatic carbocycles. The Morgan fingerprint density at radius 1 is 1.16 bits per heavy atom. The summed E-state index contributed by atoms with van der Waals surface area (Å²) in [5.41, 5.74) is 3.33. The van der Waals surface area contributed by atoms with E-state index < -0.39 is 5.60 Å². The maximum atomic E-state index is 12.1. The predicted octanol–water partition coefficient (Wildman–Crippen LogP) is 4.02. The van der Waals surface area contributed by atoms with Crippen molar-refractivity contribution in [3.63, 3.8) is 0 Å². The Labute approximate surface area is 186 Å². The molecule has 0 unspecified atom stereocenters. The third kappa shape index (κ3) is 6.07. The normalized spacial score (nSPS) is 19.7. The standard InChI is InChI=1S/C25H38N4O2/c1-25(2,3)31-23(30)17-29-14-10-20(11-15-29)24-21-7-6-19(16-22(21)27-28-24)5-4-18-8-12-26-13-9-18/h6-7,16,18,20,26H,4-5,8-15,17H2,1-3H3,(H,27,28). The Bertz CT molecular complexity index is 871. The monoisotopic (exact) mass is 426 g/mol. The van der Waals surface area contributed by atoms with E-state index in [1.54, 1.807) is 0 Å². The largest absolute Gasteiger partial charge is 0.459 e. The third-order valence-electron chi connectivity index (χ3n) is 6.72. The SMILES string of the molecule is CC(C)(C)OC(=O)CN1CCC(c2[nH]nc3cc(CCC4CCNCC4)ccc23)CC1. The molecule has 2 saturated heterocycles. The van der Waals surface area contributed by atoms with E-state index in [4.69, 9.17) is 4.74 Å². The van der Waals surface area contributed by atoms with Gasteiger partial charge in [-0.05, 0) is 103 Å². The van der Waals surface area contributed by atoms with Crippen LogP contribution in [0.1, 0.15) is 70.1 Å². The minimum Gasteiger partial charge on any atom is -0.459 e. The number of carbonyl (C=O) groups is 1. The number of likely N-dealkylation sites (tertiary alicyclic amines) is 1. The number of ether oxygens (including phenoxy) is 1. The molecule has 31 heavy (non-hydrogen) atoms. The molecule has 2 aliphatic rings. The van der Waals surface area contributed by atoms with Crippen molar-refractivity contribution >= 4 is 16.9 Å². The second kappa shape index (κ2) is 9.70. The van der Waals surface area contributed by atoms with Crippen molar-refractivity contribution in [3.8, 4) is 0 Å². The van der Waals surface area contributed by atoms with E-state index in [2.05, 4.69) is 38.6 Å². The second-order valence-electron chi connectivity index (χ2n) is 10.4. The Morgan fingerprint density at radius 3 is 2.61 bits per heavy atom. The number of nitrogens with zero attached hydrogens (tertiary/aromatic N) is 2. The molecule has 0 bridgehead atoms. The molecule has 0 saturated carbocycles. The van der Waals surface area contributed by atoms with E-state index in [1.807, 2.05) is 20.8 Å². The van der Waals surface area contributed by atoms with Gasteiger partial charge in [0.1, 0.15) is 5.60 Å². The zero-order valence-corrected chi connectivity index (χ0v) is 19.4. The van der Waals surface area contributed by atoms with Crippen LogP contribution in [0.4, 0.5) is 0 Å². The Kier molecular flexibility index (Phi) is 6.97. The number of piperidine rings is 2. The maximum absolute atomic E-state index is 12.1. The summed E-state index contributed by atoms with van der Waals surface area (Å²) in [4.78, 5) is 14.3. The molecule has 0 atom stereocenters. The van der Waals surface area contributed by atoms with Gasteiger partial charge in [-0.25, -0.2) is 0 Å². The summed E-state index contributed by atoms with van der Waals surface area (Å²) >= 11 is 0. The summed E-state index contributed by atoms with van der Waals surface area (Å²) in [6.45, 7) is 10.3. The zero-order valence-electron chi connectivity index (χ0n) is 19.4. The highest BCUT2D eigenvalue weighted by Gasteiger charge is 2.26. The zero-order chi connectivity index (χ0) is 21.8. The fraction of sp³-hybridized carbons (Fsp3) is 0.680. The highest BCUT2D eigenvalue weighted by molar-refractivity contribution is 5.82. The first kappa shape index (κ1) is 22.3. The van der Waals surface area contributed by atoms with Gasteiger partial charge in [-0.1, -0.05) is 12.1 Å². The average Bonchev–Trinajstić information content (AvgIpc) is 3.15. The van der Waals surface area contributed by atoms with E-state index >= 15 is 0 Å². The molecule has 2 aliphatic heterocycles. The van der Waals surface area contributed by atoms with Gasteiger partial charge in [0, 0.05) is 17.0 Å². The summed E-state index contributed by atoms with van der Waals surface area (Å²) in [6, 6.07) is 6.83. The first-order valence-corrected chi connectivity index (χ1v) is 12.0. The van der Waals surface area contributed by atoms with Crippen LogP contribution in [0.25, 0.3) is 10.9 Å². The number of H-pyrrole nitrogens is 1. The first-order chi connectivity index (χ1) is 14.9. The van der Waals surface area contributed by atoms with Gasteiger partial charge < -0.3 is 10.1 Å². The van der Waals surface area contributed by atoms with Crippen LogP contribution >= 0.6 is 0 Å². The molecule has 2 N–H and O–H groups in total. The number of esters is 1. The molecule has 0 spiro atoms. The fourth-order valence-electron chi connectivity index (χ4n) is 5.02. The van der Waals surface area contributed by atoms with Gasteiger partial charge in [0.2, 0.25) is 0 Å². The number of hydrogen-bond acceptors (Lipinski definition) is 5.